The van der Waals surface area contributed by atoms with Gasteiger partial charge in [-0.15, -0.1) is 0 Å². The predicted octanol–water partition coefficient (Wildman–Crippen LogP) is 3.64. The molecule has 0 saturated carbocycles. The SMILES string of the molecule is CO[C@@H]1O[C@@H]2COC(c3ccccc3)O[C@H]2[C@H](OS(=O)(=O)c2ccc(C)cc2)[C@H]1OS(=O)(=O)c1ccc(C)cc1. The maximum atomic E-state index is 13.5. The Bertz CT molecular complexity index is 1510. The molecule has 1 unspecified atom stereocenters. The van der Waals surface area contributed by atoms with E-state index in [1.807, 2.05) is 32.0 Å². The van der Waals surface area contributed by atoms with Crippen molar-refractivity contribution in [3.63, 3.8) is 0 Å². The van der Waals surface area contributed by atoms with Gasteiger partial charge in [0.05, 0.1) is 16.4 Å². The normalized spacial score (nSPS) is 27.2. The van der Waals surface area contributed by atoms with Crippen LogP contribution in [0, 0.1) is 13.8 Å². The summed E-state index contributed by atoms with van der Waals surface area (Å²) in [5.41, 5.74) is 2.39. The van der Waals surface area contributed by atoms with Crippen LogP contribution >= 0.6 is 0 Å². The highest BCUT2D eigenvalue weighted by Gasteiger charge is 2.54. The number of rotatable bonds is 8. The molecule has 12 heteroatoms. The second kappa shape index (κ2) is 11.7. The highest BCUT2D eigenvalue weighted by Crippen LogP contribution is 2.38. The van der Waals surface area contributed by atoms with Crippen LogP contribution in [0.3, 0.4) is 0 Å². The minimum Gasteiger partial charge on any atom is -0.353 e. The van der Waals surface area contributed by atoms with E-state index in [2.05, 4.69) is 0 Å². The minimum atomic E-state index is -4.41. The summed E-state index contributed by atoms with van der Waals surface area (Å²) in [5.74, 6) is 0. The summed E-state index contributed by atoms with van der Waals surface area (Å²) < 4.78 is 88.4. The van der Waals surface area contributed by atoms with E-state index in [0.717, 1.165) is 11.1 Å². The lowest BCUT2D eigenvalue weighted by atomic mass is 9.98. The molecule has 0 N–H and O–H groups in total. The number of ether oxygens (including phenoxy) is 4. The van der Waals surface area contributed by atoms with Crippen LogP contribution < -0.4 is 0 Å². The van der Waals surface area contributed by atoms with Crippen molar-refractivity contribution in [2.24, 2.45) is 0 Å². The van der Waals surface area contributed by atoms with Gasteiger partial charge in [0.2, 0.25) is 0 Å². The van der Waals surface area contributed by atoms with Crippen LogP contribution in [0.25, 0.3) is 0 Å². The van der Waals surface area contributed by atoms with E-state index in [-0.39, 0.29) is 16.4 Å². The van der Waals surface area contributed by atoms with E-state index >= 15 is 0 Å². The van der Waals surface area contributed by atoms with E-state index in [0.29, 0.717) is 5.56 Å². The topological polar surface area (TPSA) is 124 Å². The third-order valence-corrected chi connectivity index (χ3v) is 9.33. The van der Waals surface area contributed by atoms with Gasteiger partial charge in [0.15, 0.2) is 18.7 Å². The van der Waals surface area contributed by atoms with Crippen molar-refractivity contribution in [2.45, 2.75) is 60.6 Å². The monoisotopic (exact) mass is 590 g/mol. The summed E-state index contributed by atoms with van der Waals surface area (Å²) >= 11 is 0. The Morgan fingerprint density at radius 2 is 1.23 bits per heavy atom. The Hall–Kier alpha value is -2.68. The number of aryl methyl sites for hydroxylation is 2. The predicted molar refractivity (Wildman–Crippen MR) is 142 cm³/mol. The lowest BCUT2D eigenvalue weighted by molar-refractivity contribution is -0.351. The van der Waals surface area contributed by atoms with Gasteiger partial charge in [0.1, 0.15) is 18.3 Å². The number of hydrogen-bond donors (Lipinski definition) is 0. The fourth-order valence-electron chi connectivity index (χ4n) is 4.54. The molecule has 2 saturated heterocycles. The first kappa shape index (κ1) is 28.8. The van der Waals surface area contributed by atoms with E-state index in [1.165, 1.54) is 31.4 Å². The summed E-state index contributed by atoms with van der Waals surface area (Å²) in [7, 11) is -7.52. The zero-order valence-corrected chi connectivity index (χ0v) is 23.7. The fourth-order valence-corrected chi connectivity index (χ4v) is 6.71. The van der Waals surface area contributed by atoms with Gasteiger partial charge in [0.25, 0.3) is 20.2 Å². The van der Waals surface area contributed by atoms with Crippen LogP contribution in [0.4, 0.5) is 0 Å². The van der Waals surface area contributed by atoms with Gasteiger partial charge in [-0.3, -0.25) is 8.37 Å². The van der Waals surface area contributed by atoms with Crippen LogP contribution in [-0.2, 0) is 47.5 Å². The van der Waals surface area contributed by atoms with Crippen molar-refractivity contribution in [1.82, 2.24) is 0 Å². The molecule has 40 heavy (non-hydrogen) atoms. The Labute approximate surface area is 234 Å². The van der Waals surface area contributed by atoms with E-state index < -0.39 is 57.2 Å². The summed E-state index contributed by atoms with van der Waals surface area (Å²) in [6, 6.07) is 21.2. The zero-order valence-electron chi connectivity index (χ0n) is 22.1. The Morgan fingerprint density at radius 1 is 0.700 bits per heavy atom. The molecule has 0 amide bonds. The molecule has 2 aliphatic rings. The van der Waals surface area contributed by atoms with Crippen LogP contribution in [0.5, 0.6) is 0 Å². The maximum Gasteiger partial charge on any atom is 0.297 e. The van der Waals surface area contributed by atoms with Gasteiger partial charge < -0.3 is 18.9 Å². The molecule has 0 bridgehead atoms. The standard InChI is InChI=1S/C28H30O10S2/c1-18-9-13-21(14-10-18)39(29,30)37-25-24-23(17-34-27(36-24)20-7-5-4-6-8-20)35-28(33-3)26(25)38-40(31,32)22-15-11-19(2)12-16-22/h4-16,23-28H,17H2,1-3H3/t23-,24-,25+,26-,27?,28-/m1/s1. The van der Waals surface area contributed by atoms with Crippen molar-refractivity contribution in [2.75, 3.05) is 13.7 Å². The first-order valence-corrected chi connectivity index (χ1v) is 15.4. The van der Waals surface area contributed by atoms with Crippen LogP contribution in [0.1, 0.15) is 23.0 Å². The minimum absolute atomic E-state index is 0.00591. The number of methoxy groups -OCH3 is 1. The second-order valence-corrected chi connectivity index (χ2v) is 12.8. The van der Waals surface area contributed by atoms with Gasteiger partial charge in [-0.1, -0.05) is 65.7 Å². The quantitative estimate of drug-likeness (QED) is 0.359. The molecular formula is C28H30O10S2. The number of fused-ring (bicyclic) bond motifs is 1. The van der Waals surface area contributed by atoms with Crippen LogP contribution in [0.2, 0.25) is 0 Å². The van der Waals surface area contributed by atoms with E-state index in [1.54, 1.807) is 36.4 Å². The van der Waals surface area contributed by atoms with Crippen molar-refractivity contribution in [3.05, 3.63) is 95.6 Å². The molecule has 5 rings (SSSR count). The van der Waals surface area contributed by atoms with Crippen LogP contribution in [-0.4, -0.2) is 61.3 Å². The molecule has 2 aliphatic heterocycles. The summed E-state index contributed by atoms with van der Waals surface area (Å²) in [6.45, 7) is 3.65. The average Bonchev–Trinajstić information content (AvgIpc) is 2.94. The highest BCUT2D eigenvalue weighted by atomic mass is 32.2. The summed E-state index contributed by atoms with van der Waals surface area (Å²) in [4.78, 5) is -0.229. The molecule has 0 spiro atoms. The van der Waals surface area contributed by atoms with Gasteiger partial charge >= 0.3 is 0 Å². The van der Waals surface area contributed by atoms with E-state index in [4.69, 9.17) is 27.3 Å². The Kier molecular flexibility index (Phi) is 8.41. The molecule has 0 aromatic heterocycles. The molecule has 3 aromatic carbocycles. The van der Waals surface area contributed by atoms with Gasteiger partial charge in [0, 0.05) is 12.7 Å². The Balaban J connectivity index is 1.53. The third kappa shape index (κ3) is 6.14. The fraction of sp³-hybridized carbons (Fsp3) is 0.357. The maximum absolute atomic E-state index is 13.5. The molecule has 6 atom stereocenters. The molecule has 0 aliphatic carbocycles. The van der Waals surface area contributed by atoms with Crippen molar-refractivity contribution in [3.8, 4) is 0 Å². The smallest absolute Gasteiger partial charge is 0.297 e. The van der Waals surface area contributed by atoms with Crippen molar-refractivity contribution < 1.29 is 44.1 Å². The van der Waals surface area contributed by atoms with Crippen molar-refractivity contribution in [1.29, 1.82) is 0 Å². The molecular weight excluding hydrogens is 560 g/mol. The van der Waals surface area contributed by atoms with Crippen LogP contribution in [0.15, 0.2) is 88.7 Å². The second-order valence-electron chi connectivity index (χ2n) is 9.61. The van der Waals surface area contributed by atoms with Gasteiger partial charge in [-0.25, -0.2) is 0 Å². The van der Waals surface area contributed by atoms with Gasteiger partial charge in [-0.05, 0) is 38.1 Å². The lowest BCUT2D eigenvalue weighted by Gasteiger charge is -2.47. The largest absolute Gasteiger partial charge is 0.353 e. The zero-order chi connectivity index (χ0) is 28.5. The molecule has 214 valence electrons. The Morgan fingerprint density at radius 3 is 1.75 bits per heavy atom. The molecule has 0 radical (unpaired) electrons. The van der Waals surface area contributed by atoms with Crippen molar-refractivity contribution >= 4 is 20.2 Å². The highest BCUT2D eigenvalue weighted by molar-refractivity contribution is 7.87. The molecule has 3 aromatic rings. The average molecular weight is 591 g/mol. The summed E-state index contributed by atoms with van der Waals surface area (Å²) in [6.07, 6.45) is -7.17. The third-order valence-electron chi connectivity index (χ3n) is 6.68. The first-order valence-electron chi connectivity index (χ1n) is 12.6. The van der Waals surface area contributed by atoms with E-state index in [9.17, 15) is 16.8 Å². The number of benzene rings is 3. The summed E-state index contributed by atoms with van der Waals surface area (Å²) in [5, 5.41) is 0. The molecule has 10 nitrogen and oxygen atoms in total. The first-order chi connectivity index (χ1) is 19.1. The van der Waals surface area contributed by atoms with Gasteiger partial charge in [-0.2, -0.15) is 16.8 Å². The molecule has 2 heterocycles. The lowest BCUT2D eigenvalue weighted by Crippen LogP contribution is -2.64. The number of hydrogen-bond acceptors (Lipinski definition) is 10. The molecule has 2 fully saturated rings.